The summed E-state index contributed by atoms with van der Waals surface area (Å²) >= 11 is 0. The highest BCUT2D eigenvalue weighted by molar-refractivity contribution is 5.76. The van der Waals surface area contributed by atoms with E-state index in [4.69, 9.17) is 0 Å². The maximum atomic E-state index is 12.0. The van der Waals surface area contributed by atoms with Crippen molar-refractivity contribution in [2.75, 3.05) is 6.54 Å². The van der Waals surface area contributed by atoms with Crippen LogP contribution in [0.3, 0.4) is 0 Å². The Morgan fingerprint density at radius 2 is 2.05 bits per heavy atom. The third-order valence-corrected chi connectivity index (χ3v) is 4.03. The number of amides is 1. The summed E-state index contributed by atoms with van der Waals surface area (Å²) in [6.45, 7) is 5.43. The molecule has 2 N–H and O–H groups in total. The molecule has 1 saturated heterocycles. The second-order valence-electron chi connectivity index (χ2n) is 5.59. The van der Waals surface area contributed by atoms with E-state index in [1.807, 2.05) is 18.2 Å². The molecule has 1 aliphatic heterocycles. The van der Waals surface area contributed by atoms with Crippen LogP contribution < -0.4 is 10.6 Å². The molecule has 104 valence electrons. The standard InChI is InChI=1S/C16H24N2O/c1-12-10-11-17-13(2)16(12)18-15(19)9-8-14-6-4-3-5-7-14/h3-7,12-13,16-17H,8-11H2,1-2H3,(H,18,19). The highest BCUT2D eigenvalue weighted by Crippen LogP contribution is 2.16. The van der Waals surface area contributed by atoms with Crippen LogP contribution in [-0.4, -0.2) is 24.5 Å². The molecule has 3 unspecified atom stereocenters. The number of carbonyl (C=O) groups is 1. The molecule has 1 aromatic rings. The molecule has 1 aliphatic rings. The fourth-order valence-electron chi connectivity index (χ4n) is 2.77. The minimum absolute atomic E-state index is 0.163. The van der Waals surface area contributed by atoms with Crippen molar-refractivity contribution in [1.29, 1.82) is 0 Å². The molecule has 1 fully saturated rings. The molecule has 3 atom stereocenters. The number of piperidine rings is 1. The Labute approximate surface area is 115 Å². The number of rotatable bonds is 4. The summed E-state index contributed by atoms with van der Waals surface area (Å²) in [6, 6.07) is 10.8. The summed E-state index contributed by atoms with van der Waals surface area (Å²) < 4.78 is 0. The van der Waals surface area contributed by atoms with Gasteiger partial charge in [-0.3, -0.25) is 4.79 Å². The van der Waals surface area contributed by atoms with Gasteiger partial charge in [0.1, 0.15) is 0 Å². The maximum absolute atomic E-state index is 12.0. The Morgan fingerprint density at radius 3 is 2.74 bits per heavy atom. The first-order valence-electron chi connectivity index (χ1n) is 7.23. The summed E-state index contributed by atoms with van der Waals surface area (Å²) in [7, 11) is 0. The maximum Gasteiger partial charge on any atom is 0.220 e. The minimum atomic E-state index is 0.163. The third-order valence-electron chi connectivity index (χ3n) is 4.03. The van der Waals surface area contributed by atoms with E-state index >= 15 is 0 Å². The smallest absolute Gasteiger partial charge is 0.220 e. The fraction of sp³-hybridized carbons (Fsp3) is 0.562. The Kier molecular flexibility index (Phi) is 4.97. The van der Waals surface area contributed by atoms with Crippen molar-refractivity contribution >= 4 is 5.91 Å². The molecule has 3 heteroatoms. The topological polar surface area (TPSA) is 41.1 Å². The lowest BCUT2D eigenvalue weighted by atomic mass is 9.89. The van der Waals surface area contributed by atoms with Gasteiger partial charge in [-0.05, 0) is 37.8 Å². The van der Waals surface area contributed by atoms with Crippen LogP contribution in [0.4, 0.5) is 0 Å². The van der Waals surface area contributed by atoms with Gasteiger partial charge in [-0.2, -0.15) is 0 Å². The zero-order valence-corrected chi connectivity index (χ0v) is 11.9. The molecule has 1 heterocycles. The second-order valence-corrected chi connectivity index (χ2v) is 5.59. The van der Waals surface area contributed by atoms with E-state index in [2.05, 4.69) is 36.6 Å². The Bertz CT molecular complexity index is 394. The molecule has 0 bridgehead atoms. The molecule has 0 radical (unpaired) electrons. The lowest BCUT2D eigenvalue weighted by molar-refractivity contribution is -0.122. The average molecular weight is 260 g/mol. The lowest BCUT2D eigenvalue weighted by Crippen LogP contribution is -2.55. The van der Waals surface area contributed by atoms with Crippen molar-refractivity contribution in [3.8, 4) is 0 Å². The van der Waals surface area contributed by atoms with Crippen molar-refractivity contribution in [2.45, 2.75) is 45.2 Å². The average Bonchev–Trinajstić information content (AvgIpc) is 2.42. The highest BCUT2D eigenvalue weighted by atomic mass is 16.1. The molecule has 2 rings (SSSR count). The Balaban J connectivity index is 1.80. The number of benzene rings is 1. The van der Waals surface area contributed by atoms with Gasteiger partial charge in [0, 0.05) is 18.5 Å². The number of carbonyl (C=O) groups excluding carboxylic acids is 1. The summed E-state index contributed by atoms with van der Waals surface area (Å²) in [4.78, 5) is 12.0. The van der Waals surface area contributed by atoms with Gasteiger partial charge < -0.3 is 10.6 Å². The molecule has 3 nitrogen and oxygen atoms in total. The molecule has 1 aromatic carbocycles. The van der Waals surface area contributed by atoms with Gasteiger partial charge in [0.05, 0.1) is 0 Å². The molecule has 0 aromatic heterocycles. The Hall–Kier alpha value is -1.35. The first-order chi connectivity index (χ1) is 9.16. The van der Waals surface area contributed by atoms with Gasteiger partial charge in [-0.15, -0.1) is 0 Å². The van der Waals surface area contributed by atoms with Crippen LogP contribution >= 0.6 is 0 Å². The van der Waals surface area contributed by atoms with E-state index in [1.165, 1.54) is 5.56 Å². The second kappa shape index (κ2) is 6.71. The Morgan fingerprint density at radius 1 is 1.32 bits per heavy atom. The van der Waals surface area contributed by atoms with Crippen molar-refractivity contribution in [1.82, 2.24) is 10.6 Å². The van der Waals surface area contributed by atoms with Crippen LogP contribution in [0.1, 0.15) is 32.3 Å². The van der Waals surface area contributed by atoms with Crippen LogP contribution in [0.25, 0.3) is 0 Å². The molecule has 0 spiro atoms. The van der Waals surface area contributed by atoms with E-state index in [0.717, 1.165) is 19.4 Å². The van der Waals surface area contributed by atoms with Crippen molar-refractivity contribution in [2.24, 2.45) is 5.92 Å². The summed E-state index contributed by atoms with van der Waals surface area (Å²) in [5.74, 6) is 0.716. The lowest BCUT2D eigenvalue weighted by Gasteiger charge is -2.36. The zero-order chi connectivity index (χ0) is 13.7. The van der Waals surface area contributed by atoms with E-state index in [1.54, 1.807) is 0 Å². The summed E-state index contributed by atoms with van der Waals surface area (Å²) in [5.41, 5.74) is 1.22. The van der Waals surface area contributed by atoms with Crippen LogP contribution in [0.5, 0.6) is 0 Å². The van der Waals surface area contributed by atoms with E-state index in [0.29, 0.717) is 18.4 Å². The summed E-state index contributed by atoms with van der Waals surface area (Å²) in [6.07, 6.45) is 2.52. The minimum Gasteiger partial charge on any atom is -0.352 e. The van der Waals surface area contributed by atoms with Crippen molar-refractivity contribution < 1.29 is 4.79 Å². The molecule has 19 heavy (non-hydrogen) atoms. The molecular formula is C16H24N2O. The fourth-order valence-corrected chi connectivity index (χ4v) is 2.77. The first-order valence-corrected chi connectivity index (χ1v) is 7.23. The van der Waals surface area contributed by atoms with Crippen LogP contribution in [0.2, 0.25) is 0 Å². The largest absolute Gasteiger partial charge is 0.352 e. The normalized spacial score (nSPS) is 26.9. The molecule has 1 amide bonds. The van der Waals surface area contributed by atoms with Crippen molar-refractivity contribution in [3.05, 3.63) is 35.9 Å². The van der Waals surface area contributed by atoms with Gasteiger partial charge >= 0.3 is 0 Å². The summed E-state index contributed by atoms with van der Waals surface area (Å²) in [5, 5.41) is 6.61. The van der Waals surface area contributed by atoms with E-state index in [9.17, 15) is 4.79 Å². The van der Waals surface area contributed by atoms with Crippen molar-refractivity contribution in [3.63, 3.8) is 0 Å². The van der Waals surface area contributed by atoms with Gasteiger partial charge in [0.15, 0.2) is 0 Å². The molecular weight excluding hydrogens is 236 g/mol. The number of hydrogen-bond acceptors (Lipinski definition) is 2. The number of hydrogen-bond donors (Lipinski definition) is 2. The van der Waals surface area contributed by atoms with Gasteiger partial charge in [-0.25, -0.2) is 0 Å². The van der Waals surface area contributed by atoms with Gasteiger partial charge in [-0.1, -0.05) is 37.3 Å². The monoisotopic (exact) mass is 260 g/mol. The number of aryl methyl sites for hydroxylation is 1. The SMILES string of the molecule is CC1CCNC(C)C1NC(=O)CCc1ccccc1. The van der Waals surface area contributed by atoms with E-state index in [-0.39, 0.29) is 11.9 Å². The van der Waals surface area contributed by atoms with Crippen LogP contribution in [-0.2, 0) is 11.2 Å². The predicted octanol–water partition coefficient (Wildman–Crippen LogP) is 2.12. The predicted molar refractivity (Wildman–Crippen MR) is 77.9 cm³/mol. The quantitative estimate of drug-likeness (QED) is 0.870. The first kappa shape index (κ1) is 14.1. The van der Waals surface area contributed by atoms with Gasteiger partial charge in [0.2, 0.25) is 5.91 Å². The third kappa shape index (κ3) is 4.06. The van der Waals surface area contributed by atoms with Crippen LogP contribution in [0.15, 0.2) is 30.3 Å². The number of nitrogens with one attached hydrogen (secondary N) is 2. The molecule has 0 aliphatic carbocycles. The van der Waals surface area contributed by atoms with E-state index < -0.39 is 0 Å². The highest BCUT2D eigenvalue weighted by Gasteiger charge is 2.28. The van der Waals surface area contributed by atoms with Gasteiger partial charge in [0.25, 0.3) is 0 Å². The zero-order valence-electron chi connectivity index (χ0n) is 11.9. The van der Waals surface area contributed by atoms with Crippen LogP contribution in [0, 0.1) is 5.92 Å². The molecule has 0 saturated carbocycles.